The lowest BCUT2D eigenvalue weighted by Crippen LogP contribution is -1.99. The molecule has 0 saturated heterocycles. The molecule has 0 aliphatic carbocycles. The van der Waals surface area contributed by atoms with Gasteiger partial charge in [-0.25, -0.2) is 0 Å². The molecule has 0 saturated carbocycles. The van der Waals surface area contributed by atoms with Crippen LogP contribution in [0.15, 0.2) is 11.8 Å². The lowest BCUT2D eigenvalue weighted by molar-refractivity contribution is 0.611. The van der Waals surface area contributed by atoms with E-state index in [2.05, 4.69) is 64.6 Å². The molecule has 0 aliphatic rings. The summed E-state index contributed by atoms with van der Waals surface area (Å²) in [5.74, 6) is 0. The van der Waals surface area contributed by atoms with E-state index in [-0.39, 0.29) is 0 Å². The summed E-state index contributed by atoms with van der Waals surface area (Å²) >= 11 is 10.7. The number of hydrogen-bond donors (Lipinski definition) is 0. The van der Waals surface area contributed by atoms with E-state index in [9.17, 15) is 0 Å². The van der Waals surface area contributed by atoms with Gasteiger partial charge in [-0.3, -0.25) is 0 Å². The summed E-state index contributed by atoms with van der Waals surface area (Å²) in [4.78, 5) is 0. The Morgan fingerprint density at radius 2 is 1.50 bits per heavy atom. The third-order valence-electron chi connectivity index (χ3n) is 2.03. The quantitative estimate of drug-likeness (QED) is 0.265. The first-order valence-electron chi connectivity index (χ1n) is 5.30. The first-order chi connectivity index (χ1) is 6.56. The van der Waals surface area contributed by atoms with Crippen LogP contribution in [0, 0.1) is 0 Å². The highest BCUT2D eigenvalue weighted by molar-refractivity contribution is 9.72. The van der Waals surface area contributed by atoms with Crippen LogP contribution in [0.3, 0.4) is 0 Å². The smallest absolute Gasteiger partial charge is 0.0916 e. The van der Waals surface area contributed by atoms with Crippen LogP contribution in [0.25, 0.3) is 0 Å². The fourth-order valence-electron chi connectivity index (χ4n) is 1.26. The van der Waals surface area contributed by atoms with E-state index in [1.165, 1.54) is 44.9 Å². The Kier molecular flexibility index (Phi) is 10.6. The molecular formula is C10H19Br3Si. The van der Waals surface area contributed by atoms with E-state index in [1.807, 2.05) is 0 Å². The molecule has 0 nitrogen and oxygen atoms in total. The number of rotatable bonds is 8. The summed E-state index contributed by atoms with van der Waals surface area (Å²) in [6.07, 6.45) is 11.7. The standard InChI is InChI=1S/C10H19Br3Si/c1-2-3-4-5-6-7-8-9-10-14(11,12)13/h9-10H,2-8H2,1H3. The van der Waals surface area contributed by atoms with Gasteiger partial charge in [0.25, 0.3) is 3.93 Å². The molecule has 0 fully saturated rings. The Bertz CT molecular complexity index is 152. The van der Waals surface area contributed by atoms with Gasteiger partial charge in [0.2, 0.25) is 0 Å². The molecule has 0 bridgehead atoms. The van der Waals surface area contributed by atoms with Crippen LogP contribution < -0.4 is 0 Å². The molecule has 0 amide bonds. The summed E-state index contributed by atoms with van der Waals surface area (Å²) in [5, 5.41) is 0. The highest BCUT2D eigenvalue weighted by Crippen LogP contribution is 2.28. The van der Waals surface area contributed by atoms with E-state index in [1.54, 1.807) is 0 Å². The summed E-state index contributed by atoms with van der Waals surface area (Å²) in [6.45, 7) is 2.26. The minimum atomic E-state index is -1.48. The van der Waals surface area contributed by atoms with Crippen LogP contribution in [0.2, 0.25) is 0 Å². The fraction of sp³-hybridized carbons (Fsp3) is 0.800. The van der Waals surface area contributed by atoms with Crippen molar-refractivity contribution in [3.63, 3.8) is 0 Å². The zero-order chi connectivity index (χ0) is 10.9. The first kappa shape index (κ1) is 15.4. The van der Waals surface area contributed by atoms with Gasteiger partial charge in [-0.05, 0) is 12.8 Å². The van der Waals surface area contributed by atoms with Crippen molar-refractivity contribution in [3.05, 3.63) is 11.8 Å². The maximum Gasteiger partial charge on any atom is 0.290 e. The molecular weight excluding hydrogens is 388 g/mol. The third kappa shape index (κ3) is 13.4. The van der Waals surface area contributed by atoms with Gasteiger partial charge in [0, 0.05) is 0 Å². The van der Waals surface area contributed by atoms with Gasteiger partial charge in [0.15, 0.2) is 0 Å². The molecule has 0 heterocycles. The highest BCUT2D eigenvalue weighted by Gasteiger charge is 2.15. The second-order valence-electron chi connectivity index (χ2n) is 3.50. The van der Waals surface area contributed by atoms with Crippen LogP contribution in [0.1, 0.15) is 51.9 Å². The number of allylic oxidation sites excluding steroid dienone is 1. The van der Waals surface area contributed by atoms with Crippen molar-refractivity contribution < 1.29 is 0 Å². The lowest BCUT2D eigenvalue weighted by Gasteiger charge is -2.01. The van der Waals surface area contributed by atoms with Crippen LogP contribution in [-0.2, 0) is 0 Å². The van der Waals surface area contributed by atoms with Crippen molar-refractivity contribution in [2.24, 2.45) is 0 Å². The molecule has 0 spiro atoms. The van der Waals surface area contributed by atoms with Gasteiger partial charge in [-0.2, -0.15) is 0 Å². The minimum Gasteiger partial charge on any atom is -0.0916 e. The molecule has 4 heteroatoms. The molecule has 0 atom stereocenters. The molecule has 0 rings (SSSR count). The van der Waals surface area contributed by atoms with Gasteiger partial charge in [0.05, 0.1) is 0 Å². The Labute approximate surface area is 113 Å². The average Bonchev–Trinajstić information content (AvgIpc) is 2.08. The van der Waals surface area contributed by atoms with Gasteiger partial charge >= 0.3 is 0 Å². The van der Waals surface area contributed by atoms with Crippen molar-refractivity contribution in [2.75, 3.05) is 0 Å². The van der Waals surface area contributed by atoms with E-state index < -0.39 is 3.93 Å². The molecule has 0 N–H and O–H groups in total. The molecule has 0 radical (unpaired) electrons. The lowest BCUT2D eigenvalue weighted by atomic mass is 10.1. The Morgan fingerprint density at radius 3 is 2.07 bits per heavy atom. The van der Waals surface area contributed by atoms with Gasteiger partial charge in [-0.1, -0.05) is 96.7 Å². The predicted molar refractivity (Wildman–Crippen MR) is 79.7 cm³/mol. The van der Waals surface area contributed by atoms with Crippen LogP contribution in [-0.4, -0.2) is 3.93 Å². The molecule has 84 valence electrons. The van der Waals surface area contributed by atoms with Crippen molar-refractivity contribution in [1.29, 1.82) is 0 Å². The first-order valence-corrected chi connectivity index (χ1v) is 14.2. The Hall–Kier alpha value is 1.40. The SMILES string of the molecule is CCCCCCCCC=C[Si](Br)(Br)Br. The molecule has 0 aliphatic heterocycles. The van der Waals surface area contributed by atoms with Gasteiger partial charge in [-0.15, -0.1) is 0 Å². The summed E-state index contributed by atoms with van der Waals surface area (Å²) < 4.78 is -1.48. The Balaban J connectivity index is 3.17. The van der Waals surface area contributed by atoms with Crippen molar-refractivity contribution in [3.8, 4) is 0 Å². The second-order valence-corrected chi connectivity index (χ2v) is 25.8. The van der Waals surface area contributed by atoms with E-state index >= 15 is 0 Å². The van der Waals surface area contributed by atoms with Crippen LogP contribution in [0.4, 0.5) is 0 Å². The van der Waals surface area contributed by atoms with Crippen molar-refractivity contribution in [2.45, 2.75) is 51.9 Å². The highest BCUT2D eigenvalue weighted by atomic mass is 80.0. The predicted octanol–water partition coefficient (Wildman–Crippen LogP) is 5.96. The average molecular weight is 407 g/mol. The summed E-state index contributed by atoms with van der Waals surface area (Å²) in [7, 11) is 0. The van der Waals surface area contributed by atoms with E-state index in [4.69, 9.17) is 0 Å². The zero-order valence-corrected chi connectivity index (χ0v) is 14.5. The van der Waals surface area contributed by atoms with Gasteiger partial charge < -0.3 is 0 Å². The third-order valence-corrected chi connectivity index (χ3v) is 5.02. The number of hydrogen-bond acceptors (Lipinski definition) is 0. The topological polar surface area (TPSA) is 0 Å². The van der Waals surface area contributed by atoms with Crippen LogP contribution in [0.5, 0.6) is 0 Å². The van der Waals surface area contributed by atoms with E-state index in [0.29, 0.717) is 0 Å². The van der Waals surface area contributed by atoms with Gasteiger partial charge in [0.1, 0.15) is 0 Å². The monoisotopic (exact) mass is 404 g/mol. The maximum absolute atomic E-state index is 3.57. The van der Waals surface area contributed by atoms with Crippen LogP contribution >= 0.6 is 45.9 Å². The molecule has 0 aromatic rings. The molecule has 14 heavy (non-hydrogen) atoms. The normalized spacial score (nSPS) is 12.6. The fourth-order valence-corrected chi connectivity index (χ4v) is 3.38. The number of unbranched alkanes of at least 4 members (excludes halogenated alkanes) is 6. The second kappa shape index (κ2) is 9.61. The summed E-state index contributed by atoms with van der Waals surface area (Å²) in [6, 6.07) is 0. The van der Waals surface area contributed by atoms with Crippen molar-refractivity contribution >= 4 is 49.8 Å². The molecule has 0 aromatic carbocycles. The largest absolute Gasteiger partial charge is 0.290 e. The maximum atomic E-state index is 3.57. The number of halogens is 3. The zero-order valence-electron chi connectivity index (χ0n) is 8.74. The molecule has 0 aromatic heterocycles. The van der Waals surface area contributed by atoms with Crippen molar-refractivity contribution in [1.82, 2.24) is 0 Å². The van der Waals surface area contributed by atoms with E-state index in [0.717, 1.165) is 0 Å². The Morgan fingerprint density at radius 1 is 0.929 bits per heavy atom. The summed E-state index contributed by atoms with van der Waals surface area (Å²) in [5.41, 5.74) is 2.22. The molecule has 0 unspecified atom stereocenters. The minimum absolute atomic E-state index is 1.21.